The first-order valence-electron chi connectivity index (χ1n) is 7.95. The van der Waals surface area contributed by atoms with E-state index in [9.17, 15) is 13.6 Å². The van der Waals surface area contributed by atoms with Crippen LogP contribution in [0, 0.1) is 0 Å². The van der Waals surface area contributed by atoms with E-state index < -0.39 is 6.61 Å². The third-order valence-corrected chi connectivity index (χ3v) is 5.30. The molecule has 0 aromatic heterocycles. The highest BCUT2D eigenvalue weighted by molar-refractivity contribution is 7.99. The second-order valence-corrected chi connectivity index (χ2v) is 7.20. The van der Waals surface area contributed by atoms with Crippen molar-refractivity contribution in [1.82, 2.24) is 0 Å². The van der Waals surface area contributed by atoms with Gasteiger partial charge in [-0.25, -0.2) is 0 Å². The Bertz CT molecular complexity index is 781. The Morgan fingerprint density at radius 1 is 1.35 bits per heavy atom. The summed E-state index contributed by atoms with van der Waals surface area (Å²) in [5.41, 5.74) is 1.81. The van der Waals surface area contributed by atoms with Crippen LogP contribution in [0.5, 0.6) is 0 Å². The van der Waals surface area contributed by atoms with Gasteiger partial charge in [-0.2, -0.15) is 13.9 Å². The lowest BCUT2D eigenvalue weighted by Crippen LogP contribution is -2.30. The molecule has 1 aromatic rings. The van der Waals surface area contributed by atoms with E-state index in [0.717, 1.165) is 11.9 Å². The van der Waals surface area contributed by atoms with Crippen molar-refractivity contribution < 1.29 is 18.3 Å². The van der Waals surface area contributed by atoms with Crippen LogP contribution in [0.1, 0.15) is 25.3 Å². The van der Waals surface area contributed by atoms with Crippen LogP contribution in [-0.2, 0) is 9.53 Å². The van der Waals surface area contributed by atoms with Gasteiger partial charge in [-0.05, 0) is 37.1 Å². The van der Waals surface area contributed by atoms with Crippen molar-refractivity contribution in [3.05, 3.63) is 46.7 Å². The van der Waals surface area contributed by atoms with Crippen LogP contribution in [0.15, 0.2) is 50.8 Å². The number of ether oxygens (including phenoxy) is 1. The number of halogens is 3. The molecule has 2 unspecified atom stereocenters. The molecule has 1 aromatic carbocycles. The summed E-state index contributed by atoms with van der Waals surface area (Å²) in [4.78, 5) is 12.2. The number of hydrogen-bond donors (Lipinski definition) is 1. The Kier molecular flexibility index (Phi) is 5.93. The minimum atomic E-state index is -2.88. The average molecular weight is 400 g/mol. The van der Waals surface area contributed by atoms with Gasteiger partial charge in [0.15, 0.2) is 0 Å². The van der Waals surface area contributed by atoms with Gasteiger partial charge < -0.3 is 10.1 Å². The molecule has 1 aliphatic carbocycles. The fourth-order valence-electron chi connectivity index (χ4n) is 2.67. The van der Waals surface area contributed by atoms with Crippen LogP contribution in [0.4, 0.5) is 14.5 Å². The number of hydrogen-bond acceptors (Lipinski definition) is 5. The summed E-state index contributed by atoms with van der Waals surface area (Å²) >= 11 is 7.20. The highest BCUT2D eigenvalue weighted by atomic mass is 35.5. The van der Waals surface area contributed by atoms with Gasteiger partial charge in [0.1, 0.15) is 11.0 Å². The second-order valence-electron chi connectivity index (χ2n) is 5.84. The van der Waals surface area contributed by atoms with Crippen molar-refractivity contribution in [1.29, 1.82) is 0 Å². The number of rotatable bonds is 5. The zero-order chi connectivity index (χ0) is 18.7. The zero-order valence-corrected chi connectivity index (χ0v) is 15.4. The lowest BCUT2D eigenvalue weighted by Gasteiger charge is -2.19. The molecule has 5 nitrogen and oxygen atoms in total. The highest BCUT2D eigenvalue weighted by Crippen LogP contribution is 2.34. The standard InChI is InChI=1S/C17H16ClF2N3O2S/c1-9-15(26-23-22-9)16(24)21-12-5-2-10(3-6-12)13-8-11(18)4-7-14(13)25-17(19)20/h2-3,5-6,8-9,15,17H,4,7H2,1H3,(H,21,24). The third kappa shape index (κ3) is 4.42. The number of nitrogens with zero attached hydrogens (tertiary/aromatic N) is 2. The largest absolute Gasteiger partial charge is 0.439 e. The molecule has 1 aliphatic heterocycles. The Morgan fingerprint density at radius 2 is 2.08 bits per heavy atom. The van der Waals surface area contributed by atoms with Gasteiger partial charge >= 0.3 is 6.61 Å². The lowest BCUT2D eigenvalue weighted by atomic mass is 9.97. The number of carbonyl (C=O) groups is 1. The van der Waals surface area contributed by atoms with Crippen LogP contribution in [0.25, 0.3) is 5.57 Å². The second kappa shape index (κ2) is 8.18. The Balaban J connectivity index is 1.76. The van der Waals surface area contributed by atoms with Crippen molar-refractivity contribution in [2.24, 2.45) is 9.63 Å². The van der Waals surface area contributed by atoms with E-state index >= 15 is 0 Å². The summed E-state index contributed by atoms with van der Waals surface area (Å²) in [5.74, 6) is 0.0300. The van der Waals surface area contributed by atoms with Crippen molar-refractivity contribution in [3.8, 4) is 0 Å². The first kappa shape index (κ1) is 18.8. The molecule has 1 heterocycles. The summed E-state index contributed by atoms with van der Waals surface area (Å²) < 4.78 is 33.7. The van der Waals surface area contributed by atoms with E-state index in [1.807, 2.05) is 6.92 Å². The first-order valence-corrected chi connectivity index (χ1v) is 9.17. The molecule has 9 heteroatoms. The molecule has 0 bridgehead atoms. The molecule has 0 saturated heterocycles. The summed E-state index contributed by atoms with van der Waals surface area (Å²) in [6, 6.07) is 6.69. The maximum Gasteiger partial charge on any atom is 0.387 e. The van der Waals surface area contributed by atoms with Gasteiger partial charge in [0.05, 0.1) is 6.04 Å². The van der Waals surface area contributed by atoms with E-state index in [1.165, 1.54) is 0 Å². The van der Waals surface area contributed by atoms with Crippen molar-refractivity contribution in [3.63, 3.8) is 0 Å². The smallest absolute Gasteiger partial charge is 0.387 e. The van der Waals surface area contributed by atoms with E-state index in [1.54, 1.807) is 30.3 Å². The van der Waals surface area contributed by atoms with Gasteiger partial charge in [-0.3, -0.25) is 4.79 Å². The summed E-state index contributed by atoms with van der Waals surface area (Å²) in [6.07, 6.45) is 2.42. The number of carbonyl (C=O) groups excluding carboxylic acids is 1. The van der Waals surface area contributed by atoms with E-state index in [2.05, 4.69) is 19.7 Å². The van der Waals surface area contributed by atoms with Crippen molar-refractivity contribution in [2.75, 3.05) is 5.32 Å². The molecule has 26 heavy (non-hydrogen) atoms. The van der Waals surface area contributed by atoms with E-state index in [0.29, 0.717) is 34.7 Å². The summed E-state index contributed by atoms with van der Waals surface area (Å²) in [6.45, 7) is -1.06. The van der Waals surface area contributed by atoms with Crippen LogP contribution in [0.2, 0.25) is 0 Å². The quantitative estimate of drug-likeness (QED) is 0.677. The monoisotopic (exact) mass is 399 g/mol. The number of allylic oxidation sites excluding steroid dienone is 4. The Hall–Kier alpha value is -1.93. The fraction of sp³-hybridized carbons (Fsp3) is 0.353. The van der Waals surface area contributed by atoms with Gasteiger partial charge in [0, 0.05) is 34.7 Å². The normalized spacial score (nSPS) is 22.6. The van der Waals surface area contributed by atoms with Gasteiger partial charge in [-0.15, -0.1) is 4.52 Å². The van der Waals surface area contributed by atoms with Crippen LogP contribution >= 0.6 is 23.5 Å². The first-order chi connectivity index (χ1) is 12.4. The van der Waals surface area contributed by atoms with Gasteiger partial charge in [0.25, 0.3) is 0 Å². The van der Waals surface area contributed by atoms with Crippen molar-refractivity contribution in [2.45, 2.75) is 37.7 Å². The molecule has 3 rings (SSSR count). The highest BCUT2D eigenvalue weighted by Gasteiger charge is 2.30. The predicted octanol–water partition coefficient (Wildman–Crippen LogP) is 5.36. The Morgan fingerprint density at radius 3 is 2.69 bits per heavy atom. The molecule has 2 aliphatic rings. The molecule has 0 spiro atoms. The topological polar surface area (TPSA) is 63.0 Å². The van der Waals surface area contributed by atoms with E-state index in [4.69, 9.17) is 11.6 Å². The molecule has 0 radical (unpaired) electrons. The van der Waals surface area contributed by atoms with E-state index in [-0.39, 0.29) is 23.0 Å². The number of benzene rings is 1. The molecule has 1 amide bonds. The molecule has 0 saturated carbocycles. The van der Waals surface area contributed by atoms with Gasteiger partial charge in [0.2, 0.25) is 5.91 Å². The minimum Gasteiger partial charge on any atom is -0.439 e. The van der Waals surface area contributed by atoms with Crippen molar-refractivity contribution >= 4 is 40.7 Å². The maximum atomic E-state index is 12.6. The average Bonchev–Trinajstić information content (AvgIpc) is 3.03. The van der Waals surface area contributed by atoms with Crippen LogP contribution < -0.4 is 5.32 Å². The number of anilines is 1. The molecule has 138 valence electrons. The molecule has 1 N–H and O–H groups in total. The number of alkyl halides is 2. The fourth-order valence-corrected chi connectivity index (χ4v) is 3.56. The zero-order valence-electron chi connectivity index (χ0n) is 13.8. The summed E-state index contributed by atoms with van der Waals surface area (Å²) in [5, 5.41) is 6.95. The molecule has 0 fully saturated rings. The number of amides is 1. The molecule has 2 atom stereocenters. The number of nitrogens with one attached hydrogen (secondary N) is 1. The predicted molar refractivity (Wildman–Crippen MR) is 97.9 cm³/mol. The van der Waals surface area contributed by atoms with Crippen LogP contribution in [-0.4, -0.2) is 23.8 Å². The molecular formula is C17H16ClF2N3O2S. The SMILES string of the molecule is CC1N=NSC1C(=O)Nc1ccc(C2=C(OC(F)F)CCC(Cl)=C2)cc1. The van der Waals surface area contributed by atoms with Gasteiger partial charge in [-0.1, -0.05) is 23.7 Å². The lowest BCUT2D eigenvalue weighted by molar-refractivity contribution is -0.115. The van der Waals surface area contributed by atoms with Crippen LogP contribution in [0.3, 0.4) is 0 Å². The molecular weight excluding hydrogens is 384 g/mol. The maximum absolute atomic E-state index is 12.6. The minimum absolute atomic E-state index is 0.173. The Labute approximate surface area is 158 Å². The summed E-state index contributed by atoms with van der Waals surface area (Å²) in [7, 11) is 0. The third-order valence-electron chi connectivity index (χ3n) is 3.97.